The molecular weight excluding hydrogens is 480 g/mol. The van der Waals surface area contributed by atoms with Gasteiger partial charge >= 0.3 is 6.01 Å². The fourth-order valence-corrected chi connectivity index (χ4v) is 4.57. The summed E-state index contributed by atoms with van der Waals surface area (Å²) in [6, 6.07) is 8.23. The van der Waals surface area contributed by atoms with Gasteiger partial charge in [-0.05, 0) is 42.6 Å². The first-order valence-corrected chi connectivity index (χ1v) is 15.5. The first-order chi connectivity index (χ1) is 15.8. The fourth-order valence-electron chi connectivity index (χ4n) is 3.66. The highest BCUT2D eigenvalue weighted by Gasteiger charge is 2.42. The van der Waals surface area contributed by atoms with E-state index in [1.807, 2.05) is 6.07 Å². The molecule has 2 N–H and O–H groups in total. The van der Waals surface area contributed by atoms with E-state index >= 15 is 0 Å². The molecule has 0 spiro atoms. The van der Waals surface area contributed by atoms with Crippen molar-refractivity contribution >= 4 is 25.6 Å². The van der Waals surface area contributed by atoms with Gasteiger partial charge in [-0.1, -0.05) is 37.3 Å². The summed E-state index contributed by atoms with van der Waals surface area (Å²) in [7, 11) is -1.22. The summed E-state index contributed by atoms with van der Waals surface area (Å²) in [5.41, 5.74) is 0.472. The van der Waals surface area contributed by atoms with Gasteiger partial charge in [0.25, 0.3) is 5.91 Å². The molecule has 0 saturated heterocycles. The van der Waals surface area contributed by atoms with Gasteiger partial charge in [-0.2, -0.15) is 4.98 Å². The molecule has 1 aromatic heterocycles. The van der Waals surface area contributed by atoms with Crippen molar-refractivity contribution in [2.24, 2.45) is 0 Å². The molecule has 1 aliphatic carbocycles. The summed E-state index contributed by atoms with van der Waals surface area (Å²) in [6.45, 7) is 7.29. The minimum absolute atomic E-state index is 0.0654. The molecule has 3 rings (SSSR count). The molecule has 1 saturated carbocycles. The molecule has 2 aromatic rings. The van der Waals surface area contributed by atoms with Crippen LogP contribution < -0.4 is 10.1 Å². The minimum atomic E-state index is -2.76. The Morgan fingerprint density at radius 1 is 1.21 bits per heavy atom. The van der Waals surface area contributed by atoms with Gasteiger partial charge in [-0.15, -0.1) is 0 Å². The van der Waals surface area contributed by atoms with Gasteiger partial charge in [0.15, 0.2) is 0 Å². The van der Waals surface area contributed by atoms with Crippen LogP contribution in [0, 0.1) is 0 Å². The Hall–Kier alpha value is -2.10. The molecule has 1 aliphatic rings. The maximum absolute atomic E-state index is 13.4. The second-order valence-electron chi connectivity index (χ2n) is 10.2. The predicted octanol–water partition coefficient (Wildman–Crippen LogP) is 5.11. The number of hydrogen-bond donors (Lipinski definition) is 2. The van der Waals surface area contributed by atoms with Crippen molar-refractivity contribution in [1.29, 1.82) is 0 Å². The Balaban J connectivity index is 1.61. The minimum Gasteiger partial charge on any atom is -0.464 e. The number of rotatable bonds is 9. The van der Waals surface area contributed by atoms with E-state index in [2.05, 4.69) is 34.9 Å². The lowest BCUT2D eigenvalue weighted by Crippen LogP contribution is -2.47. The van der Waals surface area contributed by atoms with Crippen LogP contribution in [-0.4, -0.2) is 53.7 Å². The van der Waals surface area contributed by atoms with E-state index in [9.17, 15) is 18.7 Å². The highest BCUT2D eigenvalue weighted by Crippen LogP contribution is 2.38. The van der Waals surface area contributed by atoms with Crippen LogP contribution in [0.15, 0.2) is 30.5 Å². The molecule has 0 unspecified atom stereocenters. The van der Waals surface area contributed by atoms with Gasteiger partial charge < -0.3 is 15.2 Å². The highest BCUT2D eigenvalue weighted by molar-refractivity contribution is 6.76. The molecule has 1 fully saturated rings. The van der Waals surface area contributed by atoms with E-state index in [0.717, 1.165) is 17.3 Å². The lowest BCUT2D eigenvalue weighted by atomic mass is 9.82. The number of ether oxygens (including phenoxy) is 1. The van der Waals surface area contributed by atoms with Gasteiger partial charge in [0, 0.05) is 40.1 Å². The Morgan fingerprint density at radius 3 is 2.59 bits per heavy atom. The van der Waals surface area contributed by atoms with Gasteiger partial charge in [0.1, 0.15) is 0 Å². The lowest BCUT2D eigenvalue weighted by Gasteiger charge is -2.35. The zero-order valence-corrected chi connectivity index (χ0v) is 21.6. The Bertz CT molecular complexity index is 1010. The molecular formula is C24H32ClF2N3O3Si. The van der Waals surface area contributed by atoms with Gasteiger partial charge in [0.05, 0.1) is 28.5 Å². The summed E-state index contributed by atoms with van der Waals surface area (Å²) >= 11 is 6.24. The number of hydrogen-bond acceptors (Lipinski definition) is 5. The smallest absolute Gasteiger partial charge is 0.316 e. The molecule has 1 heterocycles. The lowest BCUT2D eigenvalue weighted by molar-refractivity contribution is -0.101. The van der Waals surface area contributed by atoms with Crippen molar-refractivity contribution < 1.29 is 23.4 Å². The summed E-state index contributed by atoms with van der Waals surface area (Å²) in [4.78, 5) is 21.4. The summed E-state index contributed by atoms with van der Waals surface area (Å²) in [5.74, 6) is -3.22. The molecule has 0 radical (unpaired) electrons. The number of carbonyl (C=O) groups is 1. The van der Waals surface area contributed by atoms with Crippen molar-refractivity contribution in [2.45, 2.75) is 69.3 Å². The Labute approximate surface area is 205 Å². The van der Waals surface area contributed by atoms with E-state index < -0.39 is 38.3 Å². The van der Waals surface area contributed by atoms with Crippen LogP contribution >= 0.6 is 11.6 Å². The molecule has 0 atom stereocenters. The fraction of sp³-hybridized carbons (Fsp3) is 0.542. The Kier molecular flexibility index (Phi) is 8.31. The summed E-state index contributed by atoms with van der Waals surface area (Å²) in [5, 5.41) is 13.5. The van der Waals surface area contributed by atoms with Crippen molar-refractivity contribution in [3.05, 3.63) is 52.3 Å². The van der Waals surface area contributed by atoms with Crippen LogP contribution in [0.5, 0.6) is 6.01 Å². The first-order valence-electron chi connectivity index (χ1n) is 11.5. The topological polar surface area (TPSA) is 84.3 Å². The third-order valence-electron chi connectivity index (χ3n) is 5.93. The number of nitrogens with one attached hydrogen (secondary N) is 1. The normalized spacial score (nSPS) is 17.3. The van der Waals surface area contributed by atoms with Gasteiger partial charge in [-0.25, -0.2) is 13.8 Å². The second-order valence-corrected chi connectivity index (χ2v) is 16.3. The predicted molar refractivity (Wildman–Crippen MR) is 131 cm³/mol. The molecule has 1 amide bonds. The van der Waals surface area contributed by atoms with Crippen LogP contribution in [0.1, 0.15) is 47.3 Å². The number of aromatic nitrogens is 2. The van der Waals surface area contributed by atoms with E-state index in [4.69, 9.17) is 16.3 Å². The molecule has 0 aliphatic heterocycles. The van der Waals surface area contributed by atoms with Crippen LogP contribution in [0.3, 0.4) is 0 Å². The number of alkyl halides is 2. The molecule has 186 valence electrons. The summed E-state index contributed by atoms with van der Waals surface area (Å²) in [6.07, 6.45) is 1.18. The standard InChI is InChI=1S/C24H32ClF2N3O3Si/c1-34(2,3)13-12-33-22-28-11-6-18(30-22)14-17-4-5-20(25)19(15-17)21(31)29-16-23(32)7-9-24(26,27)10-8-23/h4-6,11,15,32H,7-10,12-14,16H2,1-3H3,(H,29,31). The van der Waals surface area contributed by atoms with E-state index in [0.29, 0.717) is 19.0 Å². The maximum Gasteiger partial charge on any atom is 0.316 e. The highest BCUT2D eigenvalue weighted by atomic mass is 35.5. The number of aliphatic hydroxyl groups is 1. The Morgan fingerprint density at radius 2 is 1.91 bits per heavy atom. The van der Waals surface area contributed by atoms with E-state index in [-0.39, 0.29) is 30.0 Å². The monoisotopic (exact) mass is 511 g/mol. The van der Waals surface area contributed by atoms with Crippen LogP contribution in [0.4, 0.5) is 8.78 Å². The van der Waals surface area contributed by atoms with Crippen molar-refractivity contribution in [2.75, 3.05) is 13.2 Å². The first kappa shape index (κ1) is 26.5. The van der Waals surface area contributed by atoms with Crippen LogP contribution in [0.25, 0.3) is 0 Å². The van der Waals surface area contributed by atoms with Gasteiger partial charge in [0.2, 0.25) is 5.92 Å². The number of carbonyl (C=O) groups excluding carboxylic acids is 1. The van der Waals surface area contributed by atoms with Gasteiger partial charge in [-0.3, -0.25) is 4.79 Å². The zero-order chi connectivity index (χ0) is 25.0. The third kappa shape index (κ3) is 7.99. The third-order valence-corrected chi connectivity index (χ3v) is 7.96. The number of halogens is 3. The van der Waals surface area contributed by atoms with Crippen LogP contribution in [-0.2, 0) is 6.42 Å². The second kappa shape index (κ2) is 10.7. The van der Waals surface area contributed by atoms with E-state index in [1.54, 1.807) is 24.4 Å². The van der Waals surface area contributed by atoms with Crippen molar-refractivity contribution in [3.63, 3.8) is 0 Å². The molecule has 6 nitrogen and oxygen atoms in total. The van der Waals surface area contributed by atoms with Crippen molar-refractivity contribution in [3.8, 4) is 6.01 Å². The largest absolute Gasteiger partial charge is 0.464 e. The SMILES string of the molecule is C[Si](C)(C)CCOc1nccc(Cc2ccc(Cl)c(C(=O)NCC3(O)CCC(F)(F)CC3)c2)n1. The molecule has 0 bridgehead atoms. The maximum atomic E-state index is 13.4. The van der Waals surface area contributed by atoms with E-state index in [1.165, 1.54) is 0 Å². The van der Waals surface area contributed by atoms with Crippen LogP contribution in [0.2, 0.25) is 30.7 Å². The molecule has 34 heavy (non-hydrogen) atoms. The quantitative estimate of drug-likeness (QED) is 0.457. The summed E-state index contributed by atoms with van der Waals surface area (Å²) < 4.78 is 32.5. The van der Waals surface area contributed by atoms with Crippen molar-refractivity contribution in [1.82, 2.24) is 15.3 Å². The average Bonchev–Trinajstić information content (AvgIpc) is 2.75. The molecule has 1 aromatic carbocycles. The average molecular weight is 512 g/mol. The number of amides is 1. The zero-order valence-electron chi connectivity index (χ0n) is 19.8. The number of nitrogens with zero attached hydrogens (tertiary/aromatic N) is 2. The molecule has 10 heteroatoms. The number of benzene rings is 1.